The molecule has 21 heavy (non-hydrogen) atoms. The summed E-state index contributed by atoms with van der Waals surface area (Å²) in [6, 6.07) is 9.18. The summed E-state index contributed by atoms with van der Waals surface area (Å²) in [4.78, 5) is 0. The van der Waals surface area contributed by atoms with E-state index in [9.17, 15) is 13.9 Å². The van der Waals surface area contributed by atoms with E-state index in [0.717, 1.165) is 17.7 Å². The Morgan fingerprint density at radius 3 is 2.19 bits per heavy atom. The van der Waals surface area contributed by atoms with Gasteiger partial charge >= 0.3 is 0 Å². The molecule has 0 aliphatic heterocycles. The quantitative estimate of drug-likeness (QED) is 0.774. The Bertz CT molecular complexity index is 662. The van der Waals surface area contributed by atoms with Crippen molar-refractivity contribution in [3.8, 4) is 0 Å². The SMILES string of the molecule is CC(C)(C)c1ccccc1C(O)c1cc(F)c(F)cc1Cl. The van der Waals surface area contributed by atoms with Crippen LogP contribution in [0.3, 0.4) is 0 Å². The number of hydrogen-bond acceptors (Lipinski definition) is 1. The van der Waals surface area contributed by atoms with E-state index in [-0.39, 0.29) is 16.0 Å². The van der Waals surface area contributed by atoms with Crippen molar-refractivity contribution in [2.75, 3.05) is 0 Å². The lowest BCUT2D eigenvalue weighted by atomic mass is 9.81. The van der Waals surface area contributed by atoms with Crippen LogP contribution in [-0.4, -0.2) is 5.11 Å². The maximum atomic E-state index is 13.4. The molecule has 0 heterocycles. The zero-order valence-electron chi connectivity index (χ0n) is 12.1. The van der Waals surface area contributed by atoms with Crippen molar-refractivity contribution in [1.82, 2.24) is 0 Å². The van der Waals surface area contributed by atoms with Crippen LogP contribution in [-0.2, 0) is 5.41 Å². The first-order valence-electron chi connectivity index (χ1n) is 6.63. The first kappa shape index (κ1) is 15.9. The maximum absolute atomic E-state index is 13.4. The van der Waals surface area contributed by atoms with Gasteiger partial charge in [0.1, 0.15) is 6.10 Å². The Morgan fingerprint density at radius 2 is 1.57 bits per heavy atom. The second-order valence-corrected chi connectivity index (χ2v) is 6.43. The molecular formula is C17H17ClF2O. The van der Waals surface area contributed by atoms with Crippen molar-refractivity contribution >= 4 is 11.6 Å². The number of halogens is 3. The topological polar surface area (TPSA) is 20.2 Å². The molecule has 2 aromatic rings. The van der Waals surface area contributed by atoms with E-state index in [0.29, 0.717) is 5.56 Å². The third kappa shape index (κ3) is 3.25. The standard InChI is InChI=1S/C17H17ClF2O/c1-17(2,3)12-7-5-4-6-10(12)16(21)11-8-14(19)15(20)9-13(11)18/h4-9,16,21H,1-3H3. The molecule has 2 rings (SSSR count). The van der Waals surface area contributed by atoms with Gasteiger partial charge in [0, 0.05) is 10.6 Å². The molecule has 0 spiro atoms. The zero-order valence-corrected chi connectivity index (χ0v) is 12.9. The predicted molar refractivity (Wildman–Crippen MR) is 80.6 cm³/mol. The van der Waals surface area contributed by atoms with Crippen molar-refractivity contribution < 1.29 is 13.9 Å². The number of benzene rings is 2. The zero-order chi connectivity index (χ0) is 15.8. The van der Waals surface area contributed by atoms with Crippen LogP contribution in [0, 0.1) is 11.6 Å². The Labute approximate surface area is 128 Å². The van der Waals surface area contributed by atoms with Gasteiger partial charge in [0.2, 0.25) is 0 Å². The monoisotopic (exact) mass is 310 g/mol. The number of aliphatic hydroxyl groups is 1. The molecule has 4 heteroatoms. The van der Waals surface area contributed by atoms with Gasteiger partial charge in [-0.1, -0.05) is 56.6 Å². The Hall–Kier alpha value is -1.45. The predicted octanol–water partition coefficient (Wildman–Crippen LogP) is 5.00. The van der Waals surface area contributed by atoms with E-state index >= 15 is 0 Å². The van der Waals surface area contributed by atoms with Crippen LogP contribution in [0.5, 0.6) is 0 Å². The molecule has 0 amide bonds. The fraction of sp³-hybridized carbons (Fsp3) is 0.294. The van der Waals surface area contributed by atoms with Crippen molar-refractivity contribution in [3.63, 3.8) is 0 Å². The fourth-order valence-electron chi connectivity index (χ4n) is 2.33. The number of rotatable bonds is 2. The largest absolute Gasteiger partial charge is 0.384 e. The number of hydrogen-bond donors (Lipinski definition) is 1. The minimum atomic E-state index is -1.11. The molecule has 0 fully saturated rings. The van der Waals surface area contributed by atoms with E-state index in [4.69, 9.17) is 11.6 Å². The molecule has 0 aromatic heterocycles. The molecule has 0 bridgehead atoms. The van der Waals surface area contributed by atoms with Gasteiger partial charge in [-0.3, -0.25) is 0 Å². The summed E-state index contributed by atoms with van der Waals surface area (Å²) in [5, 5.41) is 10.6. The normalized spacial score (nSPS) is 13.3. The molecular weight excluding hydrogens is 294 g/mol. The van der Waals surface area contributed by atoms with Crippen molar-refractivity contribution in [1.29, 1.82) is 0 Å². The van der Waals surface area contributed by atoms with Gasteiger partial charge < -0.3 is 5.11 Å². The molecule has 0 radical (unpaired) electrons. The summed E-state index contributed by atoms with van der Waals surface area (Å²) in [7, 11) is 0. The molecule has 1 N–H and O–H groups in total. The lowest BCUT2D eigenvalue weighted by Gasteiger charge is -2.25. The third-order valence-corrected chi connectivity index (χ3v) is 3.72. The second kappa shape index (κ2) is 5.74. The molecule has 2 aromatic carbocycles. The van der Waals surface area contributed by atoms with Gasteiger partial charge in [-0.2, -0.15) is 0 Å². The second-order valence-electron chi connectivity index (χ2n) is 6.03. The van der Waals surface area contributed by atoms with Gasteiger partial charge in [0.15, 0.2) is 11.6 Å². The molecule has 0 saturated carbocycles. The minimum Gasteiger partial charge on any atom is -0.384 e. The highest BCUT2D eigenvalue weighted by Crippen LogP contribution is 2.35. The van der Waals surface area contributed by atoms with Crippen LogP contribution in [0.2, 0.25) is 5.02 Å². The molecule has 0 aliphatic rings. The molecule has 0 aliphatic carbocycles. The van der Waals surface area contributed by atoms with E-state index in [1.807, 2.05) is 32.9 Å². The molecule has 1 atom stereocenters. The van der Waals surface area contributed by atoms with Crippen LogP contribution < -0.4 is 0 Å². The summed E-state index contributed by atoms with van der Waals surface area (Å²) in [6.45, 7) is 6.06. The summed E-state index contributed by atoms with van der Waals surface area (Å²) in [6.07, 6.45) is -1.11. The van der Waals surface area contributed by atoms with Gasteiger partial charge in [0.05, 0.1) is 0 Å². The highest BCUT2D eigenvalue weighted by Gasteiger charge is 2.24. The molecule has 0 saturated heterocycles. The molecule has 112 valence electrons. The van der Waals surface area contributed by atoms with Crippen LogP contribution in [0.1, 0.15) is 43.6 Å². The summed E-state index contributed by atoms with van der Waals surface area (Å²) in [5.41, 5.74) is 1.53. The van der Waals surface area contributed by atoms with Gasteiger partial charge in [0.25, 0.3) is 0 Å². The summed E-state index contributed by atoms with van der Waals surface area (Å²) in [5.74, 6) is -2.05. The van der Waals surface area contributed by atoms with Crippen LogP contribution in [0.4, 0.5) is 8.78 Å². The summed E-state index contributed by atoms with van der Waals surface area (Å²) < 4.78 is 26.6. The van der Waals surface area contributed by atoms with E-state index in [1.54, 1.807) is 12.1 Å². The first-order chi connectivity index (χ1) is 9.71. The lowest BCUT2D eigenvalue weighted by molar-refractivity contribution is 0.217. The van der Waals surface area contributed by atoms with Crippen LogP contribution in [0.25, 0.3) is 0 Å². The third-order valence-electron chi connectivity index (χ3n) is 3.40. The Balaban J connectivity index is 2.56. The smallest absolute Gasteiger partial charge is 0.160 e. The molecule has 1 nitrogen and oxygen atoms in total. The van der Waals surface area contributed by atoms with Crippen molar-refractivity contribution in [2.45, 2.75) is 32.3 Å². The van der Waals surface area contributed by atoms with Crippen molar-refractivity contribution in [2.24, 2.45) is 0 Å². The van der Waals surface area contributed by atoms with Crippen LogP contribution in [0.15, 0.2) is 36.4 Å². The van der Waals surface area contributed by atoms with E-state index < -0.39 is 17.7 Å². The first-order valence-corrected chi connectivity index (χ1v) is 7.01. The van der Waals surface area contributed by atoms with Gasteiger partial charge in [-0.05, 0) is 28.7 Å². The Morgan fingerprint density at radius 1 is 1.00 bits per heavy atom. The highest BCUT2D eigenvalue weighted by atomic mass is 35.5. The summed E-state index contributed by atoms with van der Waals surface area (Å²) >= 11 is 5.95. The Kier molecular flexibility index (Phi) is 4.35. The van der Waals surface area contributed by atoms with Crippen molar-refractivity contribution in [3.05, 3.63) is 69.7 Å². The van der Waals surface area contributed by atoms with E-state index in [2.05, 4.69) is 0 Å². The number of aliphatic hydroxyl groups excluding tert-OH is 1. The average molecular weight is 311 g/mol. The highest BCUT2D eigenvalue weighted by molar-refractivity contribution is 6.31. The van der Waals surface area contributed by atoms with Gasteiger partial charge in [-0.15, -0.1) is 0 Å². The minimum absolute atomic E-state index is 0.00473. The van der Waals surface area contributed by atoms with Crippen LogP contribution >= 0.6 is 11.6 Å². The fourth-order valence-corrected chi connectivity index (χ4v) is 2.59. The maximum Gasteiger partial charge on any atom is 0.160 e. The van der Waals surface area contributed by atoms with E-state index in [1.165, 1.54) is 0 Å². The van der Waals surface area contributed by atoms with Gasteiger partial charge in [-0.25, -0.2) is 8.78 Å². The average Bonchev–Trinajstić information content (AvgIpc) is 2.41. The molecule has 1 unspecified atom stereocenters. The lowest BCUT2D eigenvalue weighted by Crippen LogP contribution is -2.16.